The molecule has 0 N–H and O–H groups in total. The van der Waals surface area contributed by atoms with Gasteiger partial charge in [-0.2, -0.15) is 13.2 Å². The zero-order valence-electron chi connectivity index (χ0n) is 7.98. The fourth-order valence-electron chi connectivity index (χ4n) is 1.05. The first-order chi connectivity index (χ1) is 6.90. The molecule has 0 atom stereocenters. The van der Waals surface area contributed by atoms with Gasteiger partial charge in [0, 0.05) is 6.07 Å². The molecule has 15 heavy (non-hydrogen) atoms. The molecule has 0 aliphatic heterocycles. The van der Waals surface area contributed by atoms with E-state index in [2.05, 4.69) is 0 Å². The van der Waals surface area contributed by atoms with Gasteiger partial charge in [0.2, 0.25) is 0 Å². The van der Waals surface area contributed by atoms with Gasteiger partial charge in [0.15, 0.2) is 0 Å². The number of rotatable bonds is 2. The minimum atomic E-state index is -4.53. The Morgan fingerprint density at radius 1 is 1.13 bits per heavy atom. The quantitative estimate of drug-likeness (QED) is 0.789. The third-order valence-corrected chi connectivity index (χ3v) is 2.16. The SMILES string of the molecule is COc1cc(OC)c(Cl)c(C(F)(F)F)c1. The fourth-order valence-corrected chi connectivity index (χ4v) is 1.34. The summed E-state index contributed by atoms with van der Waals surface area (Å²) in [6.07, 6.45) is -4.53. The summed E-state index contributed by atoms with van der Waals surface area (Å²) in [6, 6.07) is 2.11. The van der Waals surface area contributed by atoms with Crippen molar-refractivity contribution in [2.24, 2.45) is 0 Å². The third kappa shape index (κ3) is 2.47. The smallest absolute Gasteiger partial charge is 0.418 e. The molecule has 0 aromatic heterocycles. The summed E-state index contributed by atoms with van der Waals surface area (Å²) >= 11 is 5.52. The van der Waals surface area contributed by atoms with Crippen LogP contribution in [0.1, 0.15) is 5.56 Å². The zero-order valence-corrected chi connectivity index (χ0v) is 8.74. The number of benzene rings is 1. The highest BCUT2D eigenvalue weighted by molar-refractivity contribution is 6.33. The second-order valence-electron chi connectivity index (χ2n) is 2.69. The molecule has 0 fully saturated rings. The second kappa shape index (κ2) is 4.18. The van der Waals surface area contributed by atoms with Gasteiger partial charge in [0.25, 0.3) is 0 Å². The van der Waals surface area contributed by atoms with Gasteiger partial charge in [0.05, 0.1) is 24.8 Å². The molecule has 1 aromatic rings. The lowest BCUT2D eigenvalue weighted by Crippen LogP contribution is -2.07. The van der Waals surface area contributed by atoms with Crippen LogP contribution in [0.3, 0.4) is 0 Å². The summed E-state index contributed by atoms with van der Waals surface area (Å²) < 4.78 is 46.9. The summed E-state index contributed by atoms with van der Waals surface area (Å²) in [6.45, 7) is 0. The molecule has 0 saturated heterocycles. The molecular formula is C9H8ClF3O2. The molecule has 0 saturated carbocycles. The van der Waals surface area contributed by atoms with Gasteiger partial charge < -0.3 is 9.47 Å². The average molecular weight is 241 g/mol. The number of halogens is 4. The molecule has 6 heteroatoms. The first-order valence-electron chi connectivity index (χ1n) is 3.89. The lowest BCUT2D eigenvalue weighted by atomic mass is 10.2. The Bertz CT molecular complexity index is 363. The van der Waals surface area contributed by atoms with Gasteiger partial charge in [-0.1, -0.05) is 11.6 Å². The predicted molar refractivity (Wildman–Crippen MR) is 49.6 cm³/mol. The summed E-state index contributed by atoms with van der Waals surface area (Å²) in [5, 5.41) is -0.467. The summed E-state index contributed by atoms with van der Waals surface area (Å²) in [5.74, 6) is -0.0214. The van der Waals surface area contributed by atoms with E-state index < -0.39 is 16.8 Å². The third-order valence-electron chi connectivity index (χ3n) is 1.77. The minimum absolute atomic E-state index is 0.0450. The molecule has 0 bridgehead atoms. The van der Waals surface area contributed by atoms with Crippen molar-refractivity contribution in [1.29, 1.82) is 0 Å². The van der Waals surface area contributed by atoms with Gasteiger partial charge in [-0.15, -0.1) is 0 Å². The zero-order chi connectivity index (χ0) is 11.6. The highest BCUT2D eigenvalue weighted by Crippen LogP contribution is 2.41. The predicted octanol–water partition coefficient (Wildman–Crippen LogP) is 3.38. The van der Waals surface area contributed by atoms with Gasteiger partial charge in [-0.05, 0) is 6.07 Å². The van der Waals surface area contributed by atoms with Crippen molar-refractivity contribution in [2.75, 3.05) is 14.2 Å². The maximum Gasteiger partial charge on any atom is 0.418 e. The topological polar surface area (TPSA) is 18.5 Å². The fraction of sp³-hybridized carbons (Fsp3) is 0.333. The van der Waals surface area contributed by atoms with Crippen LogP contribution in [0.15, 0.2) is 12.1 Å². The first kappa shape index (κ1) is 12.0. The monoisotopic (exact) mass is 240 g/mol. The molecule has 84 valence electrons. The highest BCUT2D eigenvalue weighted by atomic mass is 35.5. The van der Waals surface area contributed by atoms with E-state index in [1.807, 2.05) is 0 Å². The van der Waals surface area contributed by atoms with Crippen molar-refractivity contribution < 1.29 is 22.6 Å². The molecule has 0 aliphatic carbocycles. The molecule has 0 radical (unpaired) electrons. The van der Waals surface area contributed by atoms with Gasteiger partial charge >= 0.3 is 6.18 Å². The van der Waals surface area contributed by atoms with Crippen molar-refractivity contribution >= 4 is 11.6 Å². The van der Waals surface area contributed by atoms with Crippen molar-refractivity contribution in [3.8, 4) is 11.5 Å². The van der Waals surface area contributed by atoms with E-state index in [4.69, 9.17) is 21.1 Å². The van der Waals surface area contributed by atoms with E-state index in [9.17, 15) is 13.2 Å². The lowest BCUT2D eigenvalue weighted by Gasteiger charge is -2.13. The van der Waals surface area contributed by atoms with Crippen LogP contribution in [0.4, 0.5) is 13.2 Å². The Balaban J connectivity index is 3.37. The van der Waals surface area contributed by atoms with Crippen molar-refractivity contribution in [3.05, 3.63) is 22.7 Å². The standard InChI is InChI=1S/C9H8ClF3O2/c1-14-5-3-6(9(11,12)13)8(10)7(4-5)15-2/h3-4H,1-2H3. The number of ether oxygens (including phenoxy) is 2. The van der Waals surface area contributed by atoms with E-state index in [0.29, 0.717) is 0 Å². The Hall–Kier alpha value is -1.10. The molecule has 0 unspecified atom stereocenters. The van der Waals surface area contributed by atoms with Crippen LogP contribution in [0, 0.1) is 0 Å². The van der Waals surface area contributed by atoms with Crippen molar-refractivity contribution in [2.45, 2.75) is 6.18 Å². The molecular weight excluding hydrogens is 233 g/mol. The number of alkyl halides is 3. The summed E-state index contributed by atoms with van der Waals surface area (Å²) in [4.78, 5) is 0. The van der Waals surface area contributed by atoms with Crippen LogP contribution in [0.2, 0.25) is 5.02 Å². The maximum absolute atomic E-state index is 12.5. The van der Waals surface area contributed by atoms with Crippen LogP contribution < -0.4 is 9.47 Å². The van der Waals surface area contributed by atoms with Crippen LogP contribution in [-0.4, -0.2) is 14.2 Å². The Kier molecular flexibility index (Phi) is 3.34. The van der Waals surface area contributed by atoms with Crippen LogP contribution in [0.5, 0.6) is 11.5 Å². The minimum Gasteiger partial charge on any atom is -0.497 e. The Labute approximate surface area is 89.6 Å². The lowest BCUT2D eigenvalue weighted by molar-refractivity contribution is -0.137. The van der Waals surface area contributed by atoms with Crippen LogP contribution in [-0.2, 0) is 6.18 Å². The molecule has 0 heterocycles. The van der Waals surface area contributed by atoms with E-state index in [0.717, 1.165) is 6.07 Å². The van der Waals surface area contributed by atoms with E-state index in [-0.39, 0.29) is 11.5 Å². The van der Waals surface area contributed by atoms with Crippen molar-refractivity contribution in [1.82, 2.24) is 0 Å². The number of hydrogen-bond donors (Lipinski definition) is 0. The molecule has 0 aliphatic rings. The van der Waals surface area contributed by atoms with Gasteiger partial charge in [-0.25, -0.2) is 0 Å². The maximum atomic E-state index is 12.5. The summed E-state index contributed by atoms with van der Waals surface area (Å²) in [5.41, 5.74) is -0.972. The van der Waals surface area contributed by atoms with E-state index in [1.54, 1.807) is 0 Å². The first-order valence-corrected chi connectivity index (χ1v) is 4.26. The molecule has 1 aromatic carbocycles. The molecule has 1 rings (SSSR count). The molecule has 0 amide bonds. The Morgan fingerprint density at radius 2 is 1.73 bits per heavy atom. The van der Waals surface area contributed by atoms with Crippen molar-refractivity contribution in [3.63, 3.8) is 0 Å². The second-order valence-corrected chi connectivity index (χ2v) is 3.07. The van der Waals surface area contributed by atoms with Gasteiger partial charge in [0.1, 0.15) is 11.5 Å². The molecule has 2 nitrogen and oxygen atoms in total. The van der Waals surface area contributed by atoms with Crippen LogP contribution >= 0.6 is 11.6 Å². The molecule has 0 spiro atoms. The Morgan fingerprint density at radius 3 is 2.13 bits per heavy atom. The normalized spacial score (nSPS) is 11.3. The number of hydrogen-bond acceptors (Lipinski definition) is 2. The number of methoxy groups -OCH3 is 2. The van der Waals surface area contributed by atoms with Gasteiger partial charge in [-0.3, -0.25) is 0 Å². The largest absolute Gasteiger partial charge is 0.497 e. The average Bonchev–Trinajstić information content (AvgIpc) is 2.16. The van der Waals surface area contributed by atoms with Crippen LogP contribution in [0.25, 0.3) is 0 Å². The highest BCUT2D eigenvalue weighted by Gasteiger charge is 2.35. The van der Waals surface area contributed by atoms with E-state index in [1.165, 1.54) is 20.3 Å². The summed E-state index contributed by atoms with van der Waals surface area (Å²) in [7, 11) is 2.50. The van der Waals surface area contributed by atoms with E-state index >= 15 is 0 Å².